The minimum atomic E-state index is -0.765. The van der Waals surface area contributed by atoms with Gasteiger partial charge in [0.15, 0.2) is 5.69 Å². The number of carbonyl (C=O) groups is 1. The van der Waals surface area contributed by atoms with E-state index in [-0.39, 0.29) is 28.3 Å². The minimum Gasteiger partial charge on any atom is -0.507 e. The number of phenols is 1. The third kappa shape index (κ3) is 5.49. The van der Waals surface area contributed by atoms with Crippen LogP contribution in [-0.4, -0.2) is 46.2 Å². The van der Waals surface area contributed by atoms with Crippen LogP contribution in [0.15, 0.2) is 82.7 Å². The van der Waals surface area contributed by atoms with Gasteiger partial charge in [0.2, 0.25) is 0 Å². The van der Waals surface area contributed by atoms with Gasteiger partial charge in [0.1, 0.15) is 17.2 Å². The molecule has 1 amide bonds. The molecule has 0 atom stereocenters. The van der Waals surface area contributed by atoms with Gasteiger partial charge in [-0.05, 0) is 48.0 Å². The maximum Gasteiger partial charge on any atom is 0.292 e. The highest BCUT2D eigenvalue weighted by atomic mass is 16.6. The number of amides is 1. The Morgan fingerprint density at radius 3 is 2.26 bits per heavy atom. The van der Waals surface area contributed by atoms with Crippen LogP contribution in [0.5, 0.6) is 17.2 Å². The number of non-ortho nitro benzene ring substituents is 1. The molecule has 192 valence electrons. The Kier molecular flexibility index (Phi) is 7.43. The van der Waals surface area contributed by atoms with E-state index in [4.69, 9.17) is 9.47 Å². The molecule has 1 heterocycles. The van der Waals surface area contributed by atoms with Crippen LogP contribution < -0.4 is 20.5 Å². The van der Waals surface area contributed by atoms with Crippen LogP contribution in [0.25, 0.3) is 16.8 Å². The quantitative estimate of drug-likeness (QED) is 0.205. The second-order valence-electron chi connectivity index (χ2n) is 7.78. The molecule has 0 unspecified atom stereocenters. The number of aromatic hydroxyl groups is 1. The summed E-state index contributed by atoms with van der Waals surface area (Å²) in [4.78, 5) is 36.6. The first kappa shape index (κ1) is 25.6. The van der Waals surface area contributed by atoms with Gasteiger partial charge >= 0.3 is 0 Å². The van der Waals surface area contributed by atoms with E-state index >= 15 is 0 Å². The van der Waals surface area contributed by atoms with Crippen LogP contribution in [-0.2, 0) is 0 Å². The van der Waals surface area contributed by atoms with Gasteiger partial charge in [-0.25, -0.2) is 5.43 Å². The summed E-state index contributed by atoms with van der Waals surface area (Å²) >= 11 is 0. The van der Waals surface area contributed by atoms with Crippen molar-refractivity contribution in [2.75, 3.05) is 14.2 Å². The van der Waals surface area contributed by atoms with Gasteiger partial charge in [-0.2, -0.15) is 14.9 Å². The van der Waals surface area contributed by atoms with E-state index in [1.807, 2.05) is 0 Å². The zero-order valence-electron chi connectivity index (χ0n) is 20.2. The van der Waals surface area contributed by atoms with Gasteiger partial charge < -0.3 is 14.6 Å². The molecular formula is C26H21N5O7. The number of nitro benzene ring substituents is 1. The fourth-order valence-corrected chi connectivity index (χ4v) is 3.50. The number of phenolic OH excluding ortho intramolecular Hbond substituents is 1. The molecule has 1 aromatic heterocycles. The molecule has 0 aliphatic heterocycles. The van der Waals surface area contributed by atoms with Crippen LogP contribution in [0.1, 0.15) is 16.1 Å². The first-order valence-corrected chi connectivity index (χ1v) is 11.0. The number of aromatic nitrogens is 2. The van der Waals surface area contributed by atoms with Gasteiger partial charge in [-0.3, -0.25) is 19.7 Å². The van der Waals surface area contributed by atoms with E-state index in [0.29, 0.717) is 22.7 Å². The third-order valence-corrected chi connectivity index (χ3v) is 5.46. The number of hydrogen-bond donors (Lipinski definition) is 2. The fraction of sp³-hybridized carbons (Fsp3) is 0.0769. The summed E-state index contributed by atoms with van der Waals surface area (Å²) in [5, 5.41) is 29.1. The van der Waals surface area contributed by atoms with Crippen molar-refractivity contribution in [1.29, 1.82) is 0 Å². The normalized spacial score (nSPS) is 10.8. The number of hydrazone groups is 1. The second kappa shape index (κ2) is 11.0. The molecule has 3 aromatic carbocycles. The molecule has 12 nitrogen and oxygen atoms in total. The highest BCUT2D eigenvalue weighted by molar-refractivity contribution is 5.99. The molecule has 0 bridgehead atoms. The summed E-state index contributed by atoms with van der Waals surface area (Å²) in [7, 11) is 3.03. The molecule has 4 rings (SSSR count). The van der Waals surface area contributed by atoms with E-state index in [0.717, 1.165) is 29.1 Å². The molecule has 0 spiro atoms. The zero-order chi connectivity index (χ0) is 27.2. The molecule has 12 heteroatoms. The lowest BCUT2D eigenvalue weighted by molar-refractivity contribution is -0.384. The second-order valence-corrected chi connectivity index (χ2v) is 7.78. The monoisotopic (exact) mass is 515 g/mol. The molecule has 4 aromatic rings. The van der Waals surface area contributed by atoms with Crippen LogP contribution >= 0.6 is 0 Å². The molecule has 0 aliphatic carbocycles. The minimum absolute atomic E-state index is 0.0195. The number of nitrogens with one attached hydrogen (secondary N) is 1. The molecule has 0 radical (unpaired) electrons. The Morgan fingerprint density at radius 2 is 1.66 bits per heavy atom. The van der Waals surface area contributed by atoms with Crippen molar-refractivity contribution in [1.82, 2.24) is 15.2 Å². The fourth-order valence-electron chi connectivity index (χ4n) is 3.50. The van der Waals surface area contributed by atoms with Crippen LogP contribution in [0.3, 0.4) is 0 Å². The average Bonchev–Trinajstić information content (AvgIpc) is 2.93. The van der Waals surface area contributed by atoms with E-state index in [1.165, 1.54) is 20.3 Å². The smallest absolute Gasteiger partial charge is 0.292 e. The predicted octanol–water partition coefficient (Wildman–Crippen LogP) is 3.29. The van der Waals surface area contributed by atoms with Gasteiger partial charge in [0.05, 0.1) is 31.0 Å². The number of nitro groups is 1. The molecule has 2 N–H and O–H groups in total. The highest BCUT2D eigenvalue weighted by Gasteiger charge is 2.19. The van der Waals surface area contributed by atoms with Crippen LogP contribution in [0.2, 0.25) is 0 Å². The number of methoxy groups -OCH3 is 2. The lowest BCUT2D eigenvalue weighted by Crippen LogP contribution is -2.28. The van der Waals surface area contributed by atoms with Crippen LogP contribution in [0.4, 0.5) is 5.69 Å². The number of benzene rings is 3. The Bertz CT molecular complexity index is 1580. The van der Waals surface area contributed by atoms with Crippen molar-refractivity contribution in [2.45, 2.75) is 0 Å². The summed E-state index contributed by atoms with van der Waals surface area (Å²) in [5.74, 6) is 0.131. The number of hydrogen-bond acceptors (Lipinski definition) is 9. The number of carbonyl (C=O) groups excluding carboxylic acids is 1. The van der Waals surface area contributed by atoms with E-state index in [2.05, 4.69) is 15.6 Å². The van der Waals surface area contributed by atoms with Crippen molar-refractivity contribution in [3.8, 4) is 34.1 Å². The molecule has 0 aliphatic rings. The highest BCUT2D eigenvalue weighted by Crippen LogP contribution is 2.25. The Labute approximate surface area is 215 Å². The van der Waals surface area contributed by atoms with Crippen molar-refractivity contribution in [3.05, 3.63) is 105 Å². The van der Waals surface area contributed by atoms with Gasteiger partial charge in [0, 0.05) is 29.3 Å². The van der Waals surface area contributed by atoms with Gasteiger partial charge in [-0.15, -0.1) is 0 Å². The van der Waals surface area contributed by atoms with E-state index < -0.39 is 16.4 Å². The summed E-state index contributed by atoms with van der Waals surface area (Å²) < 4.78 is 11.4. The lowest BCUT2D eigenvalue weighted by Gasteiger charge is -2.12. The molecular weight excluding hydrogens is 494 g/mol. The molecule has 0 saturated carbocycles. The number of ether oxygens (including phenoxy) is 2. The first-order valence-electron chi connectivity index (χ1n) is 11.0. The molecule has 0 saturated heterocycles. The Hall–Kier alpha value is -5.52. The third-order valence-electron chi connectivity index (χ3n) is 5.46. The maximum absolute atomic E-state index is 13.2. The van der Waals surface area contributed by atoms with Crippen molar-refractivity contribution in [3.63, 3.8) is 0 Å². The zero-order valence-corrected chi connectivity index (χ0v) is 20.2. The summed E-state index contributed by atoms with van der Waals surface area (Å²) in [5.41, 5.74) is 2.63. The molecule has 38 heavy (non-hydrogen) atoms. The number of nitrogens with zero attached hydrogens (tertiary/aromatic N) is 4. The Morgan fingerprint density at radius 1 is 1.03 bits per heavy atom. The lowest BCUT2D eigenvalue weighted by atomic mass is 10.0. The van der Waals surface area contributed by atoms with Crippen molar-refractivity contribution >= 4 is 17.8 Å². The SMILES string of the molecule is COc1ccc(-c2cc(=O)n(-c3ccc(OC)cc3)nc2C(=O)N/N=C/c2cc([N+](=O)[O-])ccc2O)cc1. The van der Waals surface area contributed by atoms with Crippen molar-refractivity contribution in [2.24, 2.45) is 5.10 Å². The van der Waals surface area contributed by atoms with Gasteiger partial charge in [-0.1, -0.05) is 12.1 Å². The predicted molar refractivity (Wildman–Crippen MR) is 138 cm³/mol. The summed E-state index contributed by atoms with van der Waals surface area (Å²) in [6.07, 6.45) is 1.06. The van der Waals surface area contributed by atoms with E-state index in [9.17, 15) is 24.8 Å². The molecule has 0 fully saturated rings. The van der Waals surface area contributed by atoms with Gasteiger partial charge in [0.25, 0.3) is 17.2 Å². The van der Waals surface area contributed by atoms with Crippen LogP contribution in [0, 0.1) is 10.1 Å². The average molecular weight is 515 g/mol. The maximum atomic E-state index is 13.2. The van der Waals surface area contributed by atoms with Crippen molar-refractivity contribution < 1.29 is 24.3 Å². The summed E-state index contributed by atoms with van der Waals surface area (Å²) in [6, 6.07) is 17.9. The summed E-state index contributed by atoms with van der Waals surface area (Å²) in [6.45, 7) is 0. The first-order chi connectivity index (χ1) is 18.3. The largest absolute Gasteiger partial charge is 0.507 e. The Balaban J connectivity index is 1.73. The topological polar surface area (TPSA) is 158 Å². The standard InChI is InChI=1S/C26H21N5O7/c1-37-20-8-3-16(4-9-20)22-14-24(33)30(18-5-10-21(38-2)11-6-18)29-25(22)26(34)28-27-15-17-13-19(31(35)36)7-12-23(17)32/h3-15,32H,1-2H3,(H,28,34)/b27-15+. The number of rotatable bonds is 8. The van der Waals surface area contributed by atoms with E-state index in [1.54, 1.807) is 48.5 Å².